The number of nitrogens with one attached hydrogen (secondary N) is 3. The SMILES string of the molecule is Cc1ccc(C(=O)Nc2cccc(CNC(=O)CC(C)C3CCCNC3)c2)cc1.Cl. The average molecular weight is 430 g/mol. The number of halogens is 1. The third-order valence-corrected chi connectivity index (χ3v) is 5.64. The zero-order valence-electron chi connectivity index (χ0n) is 17.7. The molecule has 0 aromatic heterocycles. The Hall–Kier alpha value is -2.37. The minimum atomic E-state index is -0.138. The van der Waals surface area contributed by atoms with Crippen molar-refractivity contribution in [1.82, 2.24) is 10.6 Å². The first-order chi connectivity index (χ1) is 14.0. The fourth-order valence-electron chi connectivity index (χ4n) is 3.76. The molecule has 1 fully saturated rings. The lowest BCUT2D eigenvalue weighted by Crippen LogP contribution is -2.35. The molecule has 2 amide bonds. The molecule has 2 aromatic carbocycles. The summed E-state index contributed by atoms with van der Waals surface area (Å²) in [7, 11) is 0. The van der Waals surface area contributed by atoms with E-state index in [4.69, 9.17) is 0 Å². The van der Waals surface area contributed by atoms with Crippen LogP contribution in [0.4, 0.5) is 5.69 Å². The van der Waals surface area contributed by atoms with Crippen LogP contribution in [0.2, 0.25) is 0 Å². The number of anilines is 1. The lowest BCUT2D eigenvalue weighted by molar-refractivity contribution is -0.122. The van der Waals surface area contributed by atoms with Gasteiger partial charge in [-0.1, -0.05) is 36.8 Å². The highest BCUT2D eigenvalue weighted by Crippen LogP contribution is 2.22. The van der Waals surface area contributed by atoms with Gasteiger partial charge in [-0.25, -0.2) is 0 Å². The van der Waals surface area contributed by atoms with Crippen LogP contribution in [0.25, 0.3) is 0 Å². The number of piperidine rings is 1. The maximum Gasteiger partial charge on any atom is 0.255 e. The van der Waals surface area contributed by atoms with Crippen LogP contribution in [0.5, 0.6) is 0 Å². The number of rotatable bonds is 7. The Kier molecular flexibility index (Phi) is 9.34. The molecule has 2 aromatic rings. The van der Waals surface area contributed by atoms with Gasteiger partial charge in [-0.2, -0.15) is 0 Å². The van der Waals surface area contributed by atoms with E-state index >= 15 is 0 Å². The number of hydrogen-bond acceptors (Lipinski definition) is 3. The van der Waals surface area contributed by atoms with Crippen LogP contribution >= 0.6 is 12.4 Å². The highest BCUT2D eigenvalue weighted by molar-refractivity contribution is 6.04. The Labute approximate surface area is 185 Å². The largest absolute Gasteiger partial charge is 0.352 e. The highest BCUT2D eigenvalue weighted by Gasteiger charge is 2.21. The molecule has 2 atom stereocenters. The molecule has 2 unspecified atom stereocenters. The lowest BCUT2D eigenvalue weighted by atomic mass is 9.85. The minimum absolute atomic E-state index is 0. The number of carbonyl (C=O) groups excluding carboxylic acids is 2. The summed E-state index contributed by atoms with van der Waals surface area (Å²) in [4.78, 5) is 24.7. The van der Waals surface area contributed by atoms with E-state index < -0.39 is 0 Å². The van der Waals surface area contributed by atoms with Crippen molar-refractivity contribution < 1.29 is 9.59 Å². The molecule has 3 N–H and O–H groups in total. The zero-order chi connectivity index (χ0) is 20.6. The summed E-state index contributed by atoms with van der Waals surface area (Å²) in [6, 6.07) is 15.1. The van der Waals surface area contributed by atoms with E-state index in [1.54, 1.807) is 0 Å². The molecule has 0 saturated carbocycles. The Morgan fingerprint density at radius 2 is 1.93 bits per heavy atom. The van der Waals surface area contributed by atoms with Crippen molar-refractivity contribution in [3.05, 3.63) is 65.2 Å². The van der Waals surface area contributed by atoms with Crippen molar-refractivity contribution in [2.45, 2.75) is 39.7 Å². The molecular weight excluding hydrogens is 398 g/mol. The van der Waals surface area contributed by atoms with Crippen molar-refractivity contribution in [2.75, 3.05) is 18.4 Å². The normalized spacial score (nSPS) is 16.8. The molecule has 0 radical (unpaired) electrons. The van der Waals surface area contributed by atoms with Gasteiger partial charge < -0.3 is 16.0 Å². The number of amides is 2. The maximum atomic E-state index is 12.4. The highest BCUT2D eigenvalue weighted by atomic mass is 35.5. The fourth-order valence-corrected chi connectivity index (χ4v) is 3.76. The number of hydrogen-bond donors (Lipinski definition) is 3. The van der Waals surface area contributed by atoms with Crippen LogP contribution < -0.4 is 16.0 Å². The van der Waals surface area contributed by atoms with Crippen LogP contribution in [0.1, 0.15) is 47.7 Å². The number of aryl methyl sites for hydroxylation is 1. The van der Waals surface area contributed by atoms with E-state index in [1.165, 1.54) is 12.8 Å². The van der Waals surface area contributed by atoms with Crippen molar-refractivity contribution in [2.24, 2.45) is 11.8 Å². The minimum Gasteiger partial charge on any atom is -0.352 e. The van der Waals surface area contributed by atoms with Crippen LogP contribution in [0.3, 0.4) is 0 Å². The van der Waals surface area contributed by atoms with Gasteiger partial charge in [0.05, 0.1) is 0 Å². The van der Waals surface area contributed by atoms with Gasteiger partial charge >= 0.3 is 0 Å². The van der Waals surface area contributed by atoms with Crippen molar-refractivity contribution in [3.63, 3.8) is 0 Å². The first-order valence-electron chi connectivity index (χ1n) is 10.5. The van der Waals surface area contributed by atoms with Crippen molar-refractivity contribution in [1.29, 1.82) is 0 Å². The molecule has 5 nitrogen and oxygen atoms in total. The second kappa shape index (κ2) is 11.7. The Morgan fingerprint density at radius 3 is 2.63 bits per heavy atom. The molecule has 0 spiro atoms. The summed E-state index contributed by atoms with van der Waals surface area (Å²) in [6.07, 6.45) is 2.94. The first kappa shape index (κ1) is 23.9. The van der Waals surface area contributed by atoms with E-state index in [9.17, 15) is 9.59 Å². The molecule has 1 saturated heterocycles. The van der Waals surface area contributed by atoms with E-state index in [1.807, 2.05) is 55.5 Å². The third-order valence-electron chi connectivity index (χ3n) is 5.64. The summed E-state index contributed by atoms with van der Waals surface area (Å²) in [6.45, 7) is 6.72. The molecule has 0 aliphatic carbocycles. The molecule has 1 aliphatic heterocycles. The van der Waals surface area contributed by atoms with Gasteiger partial charge in [0, 0.05) is 24.2 Å². The molecule has 0 bridgehead atoms. The summed E-state index contributed by atoms with van der Waals surface area (Å²) in [5.41, 5.74) is 3.44. The van der Waals surface area contributed by atoms with Crippen LogP contribution in [-0.2, 0) is 11.3 Å². The van der Waals surface area contributed by atoms with Gasteiger partial charge in [-0.15, -0.1) is 12.4 Å². The van der Waals surface area contributed by atoms with Crippen molar-refractivity contribution >= 4 is 29.9 Å². The van der Waals surface area contributed by atoms with E-state index in [-0.39, 0.29) is 24.2 Å². The maximum absolute atomic E-state index is 12.4. The van der Waals surface area contributed by atoms with Crippen LogP contribution in [0, 0.1) is 18.8 Å². The standard InChI is InChI=1S/C24H31N3O2.ClH/c1-17-8-10-20(11-9-17)24(29)27-22-7-3-5-19(14-22)15-26-23(28)13-18(2)21-6-4-12-25-16-21;/h3,5,7-11,14,18,21,25H,4,6,12-13,15-16H2,1-2H3,(H,26,28)(H,27,29);1H. The van der Waals surface area contributed by atoms with Crippen molar-refractivity contribution in [3.8, 4) is 0 Å². The molecular formula is C24H32ClN3O2. The van der Waals surface area contributed by atoms with E-state index in [2.05, 4.69) is 22.9 Å². The molecule has 3 rings (SSSR count). The van der Waals surface area contributed by atoms with Gasteiger partial charge in [0.15, 0.2) is 0 Å². The Morgan fingerprint density at radius 1 is 1.17 bits per heavy atom. The van der Waals surface area contributed by atoms with Gasteiger partial charge in [0.1, 0.15) is 0 Å². The predicted molar refractivity (Wildman–Crippen MR) is 124 cm³/mol. The Bertz CT molecular complexity index is 833. The van der Waals surface area contributed by atoms with E-state index in [0.29, 0.717) is 30.4 Å². The predicted octanol–water partition coefficient (Wildman–Crippen LogP) is 4.31. The average Bonchev–Trinajstić information content (AvgIpc) is 2.73. The molecule has 30 heavy (non-hydrogen) atoms. The second-order valence-corrected chi connectivity index (χ2v) is 8.09. The van der Waals surface area contributed by atoms with E-state index in [0.717, 1.165) is 29.9 Å². The van der Waals surface area contributed by atoms with Crippen LogP contribution in [0.15, 0.2) is 48.5 Å². The van der Waals surface area contributed by atoms with Gasteiger partial charge in [0.25, 0.3) is 5.91 Å². The smallest absolute Gasteiger partial charge is 0.255 e. The molecule has 1 aliphatic rings. The summed E-state index contributed by atoms with van der Waals surface area (Å²) >= 11 is 0. The van der Waals surface area contributed by atoms with Crippen LogP contribution in [-0.4, -0.2) is 24.9 Å². The second-order valence-electron chi connectivity index (χ2n) is 8.09. The first-order valence-corrected chi connectivity index (χ1v) is 10.5. The molecule has 162 valence electrons. The quantitative estimate of drug-likeness (QED) is 0.614. The molecule has 1 heterocycles. The topological polar surface area (TPSA) is 70.2 Å². The Balaban J connectivity index is 0.00000320. The molecule has 6 heteroatoms. The fraction of sp³-hybridized carbons (Fsp3) is 0.417. The lowest BCUT2D eigenvalue weighted by Gasteiger charge is -2.28. The third kappa shape index (κ3) is 7.15. The van der Waals surface area contributed by atoms with Gasteiger partial charge in [0.2, 0.25) is 5.91 Å². The number of carbonyl (C=O) groups is 2. The van der Waals surface area contributed by atoms with Gasteiger partial charge in [-0.05, 0) is 74.5 Å². The number of benzene rings is 2. The monoisotopic (exact) mass is 429 g/mol. The summed E-state index contributed by atoms with van der Waals surface area (Å²) in [5, 5.41) is 9.35. The summed E-state index contributed by atoms with van der Waals surface area (Å²) < 4.78 is 0. The summed E-state index contributed by atoms with van der Waals surface area (Å²) in [5.74, 6) is 0.899. The zero-order valence-corrected chi connectivity index (χ0v) is 18.6. The van der Waals surface area contributed by atoms with Gasteiger partial charge in [-0.3, -0.25) is 9.59 Å².